The summed E-state index contributed by atoms with van der Waals surface area (Å²) >= 11 is 0. The van der Waals surface area contributed by atoms with Gasteiger partial charge in [0.1, 0.15) is 17.8 Å². The van der Waals surface area contributed by atoms with Crippen LogP contribution >= 0.6 is 0 Å². The lowest BCUT2D eigenvalue weighted by Gasteiger charge is -2.28. The first-order valence-electron chi connectivity index (χ1n) is 13.4. The van der Waals surface area contributed by atoms with Crippen LogP contribution in [-0.2, 0) is 37.1 Å². The van der Waals surface area contributed by atoms with E-state index in [2.05, 4.69) is 19.0 Å². The summed E-state index contributed by atoms with van der Waals surface area (Å²) in [5, 5.41) is 0.484. The maximum Gasteiger partial charge on any atom is 0.500 e. The smallest absolute Gasteiger partial charge is 0.379 e. The molecule has 0 bridgehead atoms. The highest BCUT2D eigenvalue weighted by Gasteiger charge is 2.39. The maximum atomic E-state index is 11.0. The molecule has 0 saturated carbocycles. The molecule has 0 aliphatic heterocycles. The molecule has 0 fully saturated rings. The maximum absolute atomic E-state index is 11.0. The zero-order valence-corrected chi connectivity index (χ0v) is 26.7. The predicted molar refractivity (Wildman–Crippen MR) is 155 cm³/mol. The van der Waals surface area contributed by atoms with Gasteiger partial charge in [-0.15, -0.1) is 0 Å². The molecule has 0 heterocycles. The molecule has 12 heteroatoms. The Hall–Kier alpha value is -1.50. The summed E-state index contributed by atoms with van der Waals surface area (Å²) in [4.78, 5) is 35.9. The Balaban J connectivity index is 0. The second-order valence-electron chi connectivity index (χ2n) is 8.53. The lowest BCUT2D eigenvalue weighted by Crippen LogP contribution is -2.46. The molecule has 10 nitrogen and oxygen atoms in total. The Morgan fingerprint density at radius 3 is 1.79 bits per heavy atom. The van der Waals surface area contributed by atoms with Gasteiger partial charge < -0.3 is 27.7 Å². The van der Waals surface area contributed by atoms with Crippen LogP contribution in [0.25, 0.3) is 0 Å². The fraction of sp³-hybridized carbons (Fsp3) is 0.769. The van der Waals surface area contributed by atoms with Gasteiger partial charge in [0.2, 0.25) is 0 Å². The Labute approximate surface area is 232 Å². The minimum atomic E-state index is -2.39. The van der Waals surface area contributed by atoms with Crippen molar-refractivity contribution in [3.63, 3.8) is 0 Å². The molecule has 0 radical (unpaired) electrons. The highest BCUT2D eigenvalue weighted by molar-refractivity contribution is 6.79. The molecule has 0 amide bonds. The summed E-state index contributed by atoms with van der Waals surface area (Å²) in [6.07, 6.45) is 2.28. The number of rotatable bonds is 23. The normalized spacial score (nSPS) is 11.7. The van der Waals surface area contributed by atoms with Crippen molar-refractivity contribution in [1.82, 2.24) is 9.80 Å². The van der Waals surface area contributed by atoms with Crippen LogP contribution in [-0.4, -0.2) is 126 Å². The first-order chi connectivity index (χ1) is 18.3. The molecule has 0 aromatic rings. The zero-order chi connectivity index (χ0) is 29.1. The molecular formula is C26H50N2O8Si2. The van der Waals surface area contributed by atoms with Gasteiger partial charge in [-0.2, -0.15) is 0 Å². The number of hydrogen-bond acceptors (Lipinski definition) is 10. The lowest BCUT2D eigenvalue weighted by molar-refractivity contribution is 0.00491. The minimum absolute atomic E-state index is 0.483. The van der Waals surface area contributed by atoms with Crippen LogP contribution in [0.4, 0.5) is 0 Å². The van der Waals surface area contributed by atoms with Crippen LogP contribution < -0.4 is 0 Å². The van der Waals surface area contributed by atoms with E-state index in [-0.39, 0.29) is 0 Å². The van der Waals surface area contributed by atoms with E-state index in [9.17, 15) is 14.4 Å². The molecule has 0 aromatic heterocycles. The second kappa shape index (κ2) is 27.1. The Morgan fingerprint density at radius 1 is 0.789 bits per heavy atom. The quantitative estimate of drug-likeness (QED) is 0.0780. The standard InChI is InChI=1S/C15H23NO5Si.C11H27NO3Si/c1-3-20-9-10-21-14-16(2)6-4-5-15(13-19)22(11-7-17)12-8-18;1-6-13-16(14-7-2,15-8-3)11-9-10-12(4)5/h11-12,22H,3-6,9-10,14H2,1-2H3;6-11H2,1-5H3. The van der Waals surface area contributed by atoms with Crippen LogP contribution in [0.15, 0.2) is 16.6 Å². The van der Waals surface area contributed by atoms with Gasteiger partial charge in [0.25, 0.3) is 0 Å². The third kappa shape index (κ3) is 21.4. The topological polar surface area (TPSA) is 104 Å². The van der Waals surface area contributed by atoms with Gasteiger partial charge in [0.05, 0.1) is 19.9 Å². The Kier molecular flexibility index (Phi) is 27.5. The van der Waals surface area contributed by atoms with Crippen molar-refractivity contribution >= 4 is 35.4 Å². The second-order valence-corrected chi connectivity index (χ2v) is 13.7. The van der Waals surface area contributed by atoms with E-state index >= 15 is 0 Å². The lowest BCUT2D eigenvalue weighted by atomic mass is 10.3. The SMILES string of the molecule is CCOCCOCN(C)CCCC(=C=O)[SiH](C=C=O)C=C=O.CCO[Si](CCCN(C)C)(OCC)OCC. The van der Waals surface area contributed by atoms with E-state index in [1.165, 1.54) is 11.4 Å². The van der Waals surface area contributed by atoms with Crippen LogP contribution in [0.5, 0.6) is 0 Å². The highest BCUT2D eigenvalue weighted by Crippen LogP contribution is 2.18. The predicted octanol–water partition coefficient (Wildman–Crippen LogP) is 2.07. The first-order valence-corrected chi connectivity index (χ1v) is 17.2. The monoisotopic (exact) mass is 574 g/mol. The van der Waals surface area contributed by atoms with Gasteiger partial charge in [-0.05, 0) is 86.0 Å². The molecule has 0 saturated heterocycles. The number of ether oxygens (including phenoxy) is 2. The molecule has 0 aliphatic rings. The zero-order valence-electron chi connectivity index (χ0n) is 24.6. The average molecular weight is 575 g/mol. The van der Waals surface area contributed by atoms with E-state index < -0.39 is 17.6 Å². The van der Waals surface area contributed by atoms with Crippen LogP contribution in [0, 0.1) is 0 Å². The first kappa shape index (κ1) is 38.7. The number of hydrogen-bond donors (Lipinski definition) is 0. The van der Waals surface area contributed by atoms with Crippen molar-refractivity contribution in [3.05, 3.63) is 16.6 Å². The molecule has 220 valence electrons. The molecule has 0 N–H and O–H groups in total. The summed E-state index contributed by atoms with van der Waals surface area (Å²) < 4.78 is 27.9. The van der Waals surface area contributed by atoms with Crippen molar-refractivity contribution in [2.75, 3.05) is 80.6 Å². The van der Waals surface area contributed by atoms with E-state index in [4.69, 9.17) is 22.8 Å². The molecule has 0 aliphatic carbocycles. The van der Waals surface area contributed by atoms with Gasteiger partial charge in [0.15, 0.2) is 8.80 Å². The molecule has 0 rings (SSSR count). The van der Waals surface area contributed by atoms with Crippen LogP contribution in [0.2, 0.25) is 6.04 Å². The van der Waals surface area contributed by atoms with Crippen LogP contribution in [0.3, 0.4) is 0 Å². The van der Waals surface area contributed by atoms with E-state index in [1.807, 2.05) is 45.6 Å². The molecule has 0 unspecified atom stereocenters. The molecule has 38 heavy (non-hydrogen) atoms. The fourth-order valence-corrected chi connectivity index (χ4v) is 7.44. The molecule has 0 atom stereocenters. The van der Waals surface area contributed by atoms with Crippen molar-refractivity contribution in [2.45, 2.75) is 53.0 Å². The van der Waals surface area contributed by atoms with Gasteiger partial charge in [-0.1, -0.05) is 0 Å². The Morgan fingerprint density at radius 2 is 1.34 bits per heavy atom. The number of allylic oxidation sites excluding steroid dienone is 1. The summed E-state index contributed by atoms with van der Waals surface area (Å²) in [5.74, 6) is 5.15. The van der Waals surface area contributed by atoms with Gasteiger partial charge in [-0.25, -0.2) is 14.4 Å². The van der Waals surface area contributed by atoms with Crippen molar-refractivity contribution in [1.29, 1.82) is 0 Å². The minimum Gasteiger partial charge on any atom is -0.379 e. The third-order valence-electron chi connectivity index (χ3n) is 5.08. The van der Waals surface area contributed by atoms with Gasteiger partial charge in [-0.3, -0.25) is 4.90 Å². The van der Waals surface area contributed by atoms with E-state index in [1.54, 1.807) is 11.9 Å². The molecular weight excluding hydrogens is 524 g/mol. The Bertz CT molecular complexity index is 687. The number of carbonyl (C=O) groups excluding carboxylic acids is 3. The third-order valence-corrected chi connectivity index (χ3v) is 10.4. The molecule has 0 aromatic carbocycles. The summed E-state index contributed by atoms with van der Waals surface area (Å²) in [6, 6.07) is 0.903. The van der Waals surface area contributed by atoms with Gasteiger partial charge in [0, 0.05) is 44.2 Å². The van der Waals surface area contributed by atoms with E-state index in [0.29, 0.717) is 58.0 Å². The van der Waals surface area contributed by atoms with E-state index in [0.717, 1.165) is 32.0 Å². The summed E-state index contributed by atoms with van der Waals surface area (Å²) in [6.45, 7) is 13.9. The largest absolute Gasteiger partial charge is 0.500 e. The van der Waals surface area contributed by atoms with Crippen molar-refractivity contribution in [2.24, 2.45) is 0 Å². The number of nitrogens with zero attached hydrogens (tertiary/aromatic N) is 2. The van der Waals surface area contributed by atoms with Crippen molar-refractivity contribution in [3.8, 4) is 0 Å². The summed E-state index contributed by atoms with van der Waals surface area (Å²) in [7, 11) is 1.56. The van der Waals surface area contributed by atoms with Gasteiger partial charge >= 0.3 is 8.80 Å². The highest BCUT2D eigenvalue weighted by atomic mass is 28.4. The molecule has 0 spiro atoms. The van der Waals surface area contributed by atoms with Crippen LogP contribution in [0.1, 0.15) is 47.0 Å². The average Bonchev–Trinajstić information content (AvgIpc) is 2.87. The van der Waals surface area contributed by atoms with Crippen molar-refractivity contribution < 1.29 is 37.1 Å². The summed E-state index contributed by atoms with van der Waals surface area (Å²) in [5.41, 5.74) is 2.51. The fourth-order valence-electron chi connectivity index (χ4n) is 3.38.